The molecule has 0 fully saturated rings. The second-order valence-electron chi connectivity index (χ2n) is 8.71. The number of furan rings is 2. The first kappa shape index (κ1) is 18.5. The number of benzene rings is 4. The first-order chi connectivity index (χ1) is 15.3. The smallest absolute Gasteiger partial charge is 0.178 e. The quantitative estimate of drug-likeness (QED) is 0.258. The highest BCUT2D eigenvalue weighted by Crippen LogP contribution is 2.39. The molecular weight excluding hydrogens is 380 g/mol. The number of hydrogen-bond acceptors (Lipinski definition) is 2. The van der Waals surface area contributed by atoms with Crippen LogP contribution in [0, 0.1) is 0 Å². The van der Waals surface area contributed by atoms with Crippen molar-refractivity contribution >= 4 is 54.6 Å². The molecule has 0 saturated heterocycles. The summed E-state index contributed by atoms with van der Waals surface area (Å²) in [6.45, 7) is 2.27. The Morgan fingerprint density at radius 3 is 2.23 bits per heavy atom. The van der Waals surface area contributed by atoms with Crippen LogP contribution in [0.3, 0.4) is 0 Å². The van der Waals surface area contributed by atoms with Crippen molar-refractivity contribution in [3.63, 3.8) is 0 Å². The Balaban J connectivity index is 1.45. The van der Waals surface area contributed by atoms with Crippen LogP contribution in [-0.4, -0.2) is 0 Å². The molecular formula is C29H26O2. The van der Waals surface area contributed by atoms with Gasteiger partial charge in [0.1, 0.15) is 11.2 Å². The number of fused-ring (bicyclic) bond motifs is 8. The fraction of sp³-hybridized carbons (Fsp3) is 0.241. The molecule has 154 valence electrons. The standard InChI is InChI=1S/C29H26O2/c1-2-3-4-5-6-9-19-12-13-20-18-27-25(17-21(20)16-19)24-15-14-23-22-10-7-8-11-26(22)30-28(23)29(24)31-27/h7-8,10-18H,2-6,9H2,1H3. The lowest BCUT2D eigenvalue weighted by Crippen LogP contribution is -1.86. The van der Waals surface area contributed by atoms with Gasteiger partial charge >= 0.3 is 0 Å². The molecule has 0 unspecified atom stereocenters. The lowest BCUT2D eigenvalue weighted by molar-refractivity contribution is 0.632. The fourth-order valence-corrected chi connectivity index (χ4v) is 4.90. The molecule has 0 aliphatic rings. The van der Waals surface area contributed by atoms with Crippen molar-refractivity contribution in [2.45, 2.75) is 45.4 Å². The Morgan fingerprint density at radius 2 is 1.35 bits per heavy atom. The average Bonchev–Trinajstić information content (AvgIpc) is 3.35. The predicted molar refractivity (Wildman–Crippen MR) is 131 cm³/mol. The second-order valence-corrected chi connectivity index (χ2v) is 8.71. The molecule has 6 aromatic rings. The monoisotopic (exact) mass is 406 g/mol. The summed E-state index contributed by atoms with van der Waals surface area (Å²) in [7, 11) is 0. The minimum atomic E-state index is 0.840. The Kier molecular flexibility index (Phi) is 4.45. The highest BCUT2D eigenvalue weighted by atomic mass is 16.4. The molecule has 6 rings (SSSR count). The summed E-state index contributed by atoms with van der Waals surface area (Å²) in [5.74, 6) is 0. The summed E-state index contributed by atoms with van der Waals surface area (Å²) in [6, 6.07) is 23.8. The topological polar surface area (TPSA) is 26.3 Å². The van der Waals surface area contributed by atoms with E-state index in [1.165, 1.54) is 48.4 Å². The average molecular weight is 407 g/mol. The van der Waals surface area contributed by atoms with Crippen molar-refractivity contribution < 1.29 is 8.83 Å². The van der Waals surface area contributed by atoms with Crippen LogP contribution in [-0.2, 0) is 6.42 Å². The second kappa shape index (κ2) is 7.46. The van der Waals surface area contributed by atoms with Crippen LogP contribution in [0.25, 0.3) is 54.6 Å². The Morgan fingerprint density at radius 1 is 0.581 bits per heavy atom. The molecule has 2 heterocycles. The lowest BCUT2D eigenvalue weighted by Gasteiger charge is -2.04. The van der Waals surface area contributed by atoms with Crippen LogP contribution < -0.4 is 0 Å². The minimum absolute atomic E-state index is 0.840. The van der Waals surface area contributed by atoms with Gasteiger partial charge in [0.2, 0.25) is 0 Å². The van der Waals surface area contributed by atoms with Crippen LogP contribution in [0.15, 0.2) is 75.6 Å². The summed E-state index contributed by atoms with van der Waals surface area (Å²) in [5.41, 5.74) is 4.93. The van der Waals surface area contributed by atoms with Crippen LogP contribution in [0.1, 0.15) is 44.6 Å². The number of rotatable bonds is 6. The van der Waals surface area contributed by atoms with Gasteiger partial charge in [-0.15, -0.1) is 0 Å². The first-order valence-electron chi connectivity index (χ1n) is 11.5. The zero-order chi connectivity index (χ0) is 20.8. The van der Waals surface area contributed by atoms with Crippen molar-refractivity contribution in [1.82, 2.24) is 0 Å². The fourth-order valence-electron chi connectivity index (χ4n) is 4.90. The molecule has 0 radical (unpaired) electrons. The van der Waals surface area contributed by atoms with Crippen LogP contribution in [0.5, 0.6) is 0 Å². The van der Waals surface area contributed by atoms with E-state index in [1.807, 2.05) is 18.2 Å². The third-order valence-electron chi connectivity index (χ3n) is 6.58. The maximum atomic E-state index is 6.34. The Labute approximate surface area is 181 Å². The molecule has 0 atom stereocenters. The number of para-hydroxylation sites is 1. The van der Waals surface area contributed by atoms with Gasteiger partial charge in [-0.3, -0.25) is 0 Å². The van der Waals surface area contributed by atoms with Gasteiger partial charge in [0.05, 0.1) is 0 Å². The molecule has 0 spiro atoms. The Bertz CT molecular complexity index is 1550. The van der Waals surface area contributed by atoms with Gasteiger partial charge in [0, 0.05) is 21.5 Å². The zero-order valence-electron chi connectivity index (χ0n) is 17.9. The van der Waals surface area contributed by atoms with Gasteiger partial charge in [-0.2, -0.15) is 0 Å². The third kappa shape index (κ3) is 3.09. The van der Waals surface area contributed by atoms with Crippen molar-refractivity contribution in [2.75, 3.05) is 0 Å². The number of hydrogen-bond donors (Lipinski definition) is 0. The lowest BCUT2D eigenvalue weighted by atomic mass is 10.00. The van der Waals surface area contributed by atoms with Gasteiger partial charge in [-0.05, 0) is 59.5 Å². The molecule has 0 bridgehead atoms. The predicted octanol–water partition coefficient (Wildman–Crippen LogP) is 9.15. The first-order valence-corrected chi connectivity index (χ1v) is 11.5. The van der Waals surface area contributed by atoms with Gasteiger partial charge in [0.15, 0.2) is 11.2 Å². The van der Waals surface area contributed by atoms with E-state index >= 15 is 0 Å². The summed E-state index contributed by atoms with van der Waals surface area (Å²) in [5, 5.41) is 7.03. The molecule has 0 amide bonds. The molecule has 2 nitrogen and oxygen atoms in total. The maximum Gasteiger partial charge on any atom is 0.178 e. The molecule has 0 aliphatic heterocycles. The van der Waals surface area contributed by atoms with Gasteiger partial charge < -0.3 is 8.83 Å². The third-order valence-corrected chi connectivity index (χ3v) is 6.58. The van der Waals surface area contributed by atoms with Crippen molar-refractivity contribution in [2.24, 2.45) is 0 Å². The van der Waals surface area contributed by atoms with E-state index in [0.29, 0.717) is 0 Å². The van der Waals surface area contributed by atoms with E-state index in [1.54, 1.807) is 0 Å². The normalized spacial score (nSPS) is 12.2. The van der Waals surface area contributed by atoms with E-state index in [2.05, 4.69) is 55.5 Å². The summed E-state index contributed by atoms with van der Waals surface area (Å²) < 4.78 is 12.5. The van der Waals surface area contributed by atoms with E-state index in [0.717, 1.165) is 50.3 Å². The molecule has 0 N–H and O–H groups in total. The molecule has 2 aromatic heterocycles. The van der Waals surface area contributed by atoms with Crippen LogP contribution in [0.2, 0.25) is 0 Å². The van der Waals surface area contributed by atoms with Gasteiger partial charge in [-0.25, -0.2) is 0 Å². The molecule has 31 heavy (non-hydrogen) atoms. The summed E-state index contributed by atoms with van der Waals surface area (Å²) in [4.78, 5) is 0. The highest BCUT2D eigenvalue weighted by Gasteiger charge is 2.16. The number of unbranched alkanes of at least 4 members (excludes halogenated alkanes) is 4. The van der Waals surface area contributed by atoms with Crippen molar-refractivity contribution in [3.05, 3.63) is 72.3 Å². The van der Waals surface area contributed by atoms with Crippen molar-refractivity contribution in [1.29, 1.82) is 0 Å². The van der Waals surface area contributed by atoms with Crippen LogP contribution >= 0.6 is 0 Å². The zero-order valence-corrected chi connectivity index (χ0v) is 17.9. The van der Waals surface area contributed by atoms with E-state index in [4.69, 9.17) is 8.83 Å². The van der Waals surface area contributed by atoms with Crippen molar-refractivity contribution in [3.8, 4) is 0 Å². The minimum Gasteiger partial charge on any atom is -0.452 e. The maximum absolute atomic E-state index is 6.34. The SMILES string of the molecule is CCCCCCCc1ccc2cc3oc4c(ccc5c6ccccc6oc54)c3cc2c1. The van der Waals surface area contributed by atoms with E-state index < -0.39 is 0 Å². The highest BCUT2D eigenvalue weighted by molar-refractivity contribution is 6.20. The van der Waals surface area contributed by atoms with E-state index in [9.17, 15) is 0 Å². The summed E-state index contributed by atoms with van der Waals surface area (Å²) in [6.07, 6.45) is 7.75. The molecule has 2 heteroatoms. The van der Waals surface area contributed by atoms with Gasteiger partial charge in [-0.1, -0.05) is 69.0 Å². The number of aryl methyl sites for hydroxylation is 1. The summed E-state index contributed by atoms with van der Waals surface area (Å²) >= 11 is 0. The van der Waals surface area contributed by atoms with E-state index in [-0.39, 0.29) is 0 Å². The Hall–Kier alpha value is -3.26. The molecule has 4 aromatic carbocycles. The largest absolute Gasteiger partial charge is 0.452 e. The van der Waals surface area contributed by atoms with Gasteiger partial charge in [0.25, 0.3) is 0 Å². The molecule has 0 saturated carbocycles. The van der Waals surface area contributed by atoms with Crippen LogP contribution in [0.4, 0.5) is 0 Å². The molecule has 0 aliphatic carbocycles.